The summed E-state index contributed by atoms with van der Waals surface area (Å²) in [5, 5.41) is 0. The van der Waals surface area contributed by atoms with Gasteiger partial charge in [-0.25, -0.2) is 0 Å². The number of benzene rings is 1. The largest absolute Gasteiger partial charge is 0.495 e. The van der Waals surface area contributed by atoms with Gasteiger partial charge in [0, 0.05) is 67.8 Å². The second kappa shape index (κ2) is 9.77. The molecule has 0 saturated carbocycles. The average molecular weight is 408 g/mol. The Labute approximate surface area is 173 Å². The first-order chi connectivity index (χ1) is 13.3. The van der Waals surface area contributed by atoms with Crippen molar-refractivity contribution in [1.29, 1.82) is 0 Å². The summed E-state index contributed by atoms with van der Waals surface area (Å²) < 4.78 is 5.57. The van der Waals surface area contributed by atoms with Crippen molar-refractivity contribution in [2.45, 2.75) is 24.9 Å². The number of hydrogen-bond donors (Lipinski definition) is 0. The molecule has 27 heavy (non-hydrogen) atoms. The number of thioether (sulfide) groups is 2. The Hall–Kier alpha value is -0.560. The maximum Gasteiger partial charge on any atom is 0.142 e. The molecule has 1 atom stereocenters. The van der Waals surface area contributed by atoms with Crippen molar-refractivity contribution < 1.29 is 4.74 Å². The fraction of sp³-hybridized carbons (Fsp3) is 0.714. The first-order valence-electron chi connectivity index (χ1n) is 10.4. The van der Waals surface area contributed by atoms with Crippen molar-refractivity contribution in [1.82, 2.24) is 9.80 Å². The molecule has 3 aliphatic rings. The van der Waals surface area contributed by atoms with E-state index >= 15 is 0 Å². The van der Waals surface area contributed by atoms with Crippen molar-refractivity contribution in [3.8, 4) is 5.75 Å². The second-order valence-electron chi connectivity index (χ2n) is 7.79. The molecule has 1 aromatic rings. The normalized spacial score (nSPS) is 26.7. The highest BCUT2D eigenvalue weighted by molar-refractivity contribution is 8.03. The van der Waals surface area contributed by atoms with Gasteiger partial charge in [-0.15, -0.1) is 0 Å². The van der Waals surface area contributed by atoms with E-state index in [2.05, 4.69) is 62.5 Å². The highest BCUT2D eigenvalue weighted by Crippen LogP contribution is 2.30. The number of hydrogen-bond acceptors (Lipinski definition) is 6. The van der Waals surface area contributed by atoms with E-state index in [0.717, 1.165) is 30.9 Å². The molecule has 0 unspecified atom stereocenters. The SMILES string of the molecule is COc1ccccc1N1CCN([C@H]2CCCN(C3CSCCSC3)C2)CC1. The van der Waals surface area contributed by atoms with Gasteiger partial charge in [-0.2, -0.15) is 23.5 Å². The van der Waals surface area contributed by atoms with Crippen LogP contribution in [-0.4, -0.2) is 91.3 Å². The molecule has 3 saturated heterocycles. The molecule has 3 heterocycles. The lowest BCUT2D eigenvalue weighted by molar-refractivity contribution is 0.0782. The molecule has 1 aromatic carbocycles. The first kappa shape index (κ1) is 19.7. The molecule has 0 radical (unpaired) electrons. The van der Waals surface area contributed by atoms with Crippen LogP contribution < -0.4 is 9.64 Å². The Bertz CT molecular complexity index is 587. The summed E-state index contributed by atoms with van der Waals surface area (Å²) in [6.45, 7) is 7.14. The van der Waals surface area contributed by atoms with Crippen LogP contribution in [0.2, 0.25) is 0 Å². The minimum Gasteiger partial charge on any atom is -0.495 e. The summed E-state index contributed by atoms with van der Waals surface area (Å²) in [5.74, 6) is 6.34. The molecule has 4 rings (SSSR count). The van der Waals surface area contributed by atoms with E-state index in [1.54, 1.807) is 7.11 Å². The third-order valence-electron chi connectivity index (χ3n) is 6.19. The maximum absolute atomic E-state index is 5.57. The van der Waals surface area contributed by atoms with Gasteiger partial charge in [0.15, 0.2) is 0 Å². The van der Waals surface area contributed by atoms with E-state index < -0.39 is 0 Å². The molecule has 3 fully saturated rings. The number of para-hydroxylation sites is 2. The maximum atomic E-state index is 5.57. The van der Waals surface area contributed by atoms with Gasteiger partial charge < -0.3 is 9.64 Å². The molecule has 0 bridgehead atoms. The van der Waals surface area contributed by atoms with Crippen LogP contribution in [0.4, 0.5) is 5.69 Å². The van der Waals surface area contributed by atoms with Gasteiger partial charge in [0.05, 0.1) is 12.8 Å². The van der Waals surface area contributed by atoms with E-state index in [1.807, 2.05) is 0 Å². The van der Waals surface area contributed by atoms with Crippen LogP contribution in [-0.2, 0) is 0 Å². The molecule has 0 aromatic heterocycles. The van der Waals surface area contributed by atoms with Crippen LogP contribution in [0, 0.1) is 0 Å². The van der Waals surface area contributed by atoms with Crippen molar-refractivity contribution in [3.63, 3.8) is 0 Å². The van der Waals surface area contributed by atoms with Gasteiger partial charge in [0.2, 0.25) is 0 Å². The molecule has 4 nitrogen and oxygen atoms in total. The van der Waals surface area contributed by atoms with Gasteiger partial charge in [0.25, 0.3) is 0 Å². The predicted molar refractivity (Wildman–Crippen MR) is 120 cm³/mol. The molecule has 6 heteroatoms. The number of ether oxygens (including phenoxy) is 1. The molecule has 0 aliphatic carbocycles. The fourth-order valence-electron chi connectivity index (χ4n) is 4.65. The summed E-state index contributed by atoms with van der Waals surface area (Å²) in [6, 6.07) is 9.98. The number of methoxy groups -OCH3 is 1. The molecule has 3 aliphatic heterocycles. The van der Waals surface area contributed by atoms with Crippen LogP contribution in [0.5, 0.6) is 5.75 Å². The van der Waals surface area contributed by atoms with Crippen LogP contribution >= 0.6 is 23.5 Å². The van der Waals surface area contributed by atoms with Gasteiger partial charge in [-0.1, -0.05) is 12.1 Å². The summed E-state index contributed by atoms with van der Waals surface area (Å²) in [5.41, 5.74) is 1.25. The fourth-order valence-corrected chi connectivity index (χ4v) is 7.27. The number of piperidine rings is 1. The predicted octanol–water partition coefficient (Wildman–Crippen LogP) is 3.13. The number of likely N-dealkylation sites (tertiary alicyclic amines) is 1. The highest BCUT2D eigenvalue weighted by Gasteiger charge is 2.31. The zero-order valence-electron chi connectivity index (χ0n) is 16.5. The minimum atomic E-state index is 0.747. The van der Waals surface area contributed by atoms with Gasteiger partial charge in [-0.3, -0.25) is 9.80 Å². The number of piperazine rings is 1. The number of nitrogens with zero attached hydrogens (tertiary/aromatic N) is 3. The van der Waals surface area contributed by atoms with E-state index in [-0.39, 0.29) is 0 Å². The number of rotatable bonds is 4. The van der Waals surface area contributed by atoms with E-state index in [1.165, 1.54) is 67.7 Å². The zero-order valence-corrected chi connectivity index (χ0v) is 18.1. The van der Waals surface area contributed by atoms with Gasteiger partial charge >= 0.3 is 0 Å². The lowest BCUT2D eigenvalue weighted by atomic mass is 10.0. The smallest absolute Gasteiger partial charge is 0.142 e. The Morgan fingerprint density at radius 2 is 1.63 bits per heavy atom. The van der Waals surface area contributed by atoms with Crippen LogP contribution in [0.15, 0.2) is 24.3 Å². The zero-order chi connectivity index (χ0) is 18.5. The molecule has 0 N–H and O–H groups in total. The van der Waals surface area contributed by atoms with E-state index in [0.29, 0.717) is 0 Å². The summed E-state index contributed by atoms with van der Waals surface area (Å²) in [4.78, 5) is 8.07. The highest BCUT2D eigenvalue weighted by atomic mass is 32.2. The number of anilines is 1. The molecule has 150 valence electrons. The van der Waals surface area contributed by atoms with Crippen LogP contribution in [0.1, 0.15) is 12.8 Å². The lowest BCUT2D eigenvalue weighted by Gasteiger charge is -2.45. The average Bonchev–Trinajstić information content (AvgIpc) is 3.04. The molecular formula is C21H33N3OS2. The monoisotopic (exact) mass is 407 g/mol. The molecule has 0 amide bonds. The summed E-state index contributed by atoms with van der Waals surface area (Å²) >= 11 is 4.32. The summed E-state index contributed by atoms with van der Waals surface area (Å²) in [7, 11) is 1.77. The lowest BCUT2D eigenvalue weighted by Crippen LogP contribution is -2.57. The topological polar surface area (TPSA) is 19.0 Å². The molecular weight excluding hydrogens is 374 g/mol. The third-order valence-corrected chi connectivity index (χ3v) is 8.68. The van der Waals surface area contributed by atoms with Gasteiger partial charge in [-0.05, 0) is 31.5 Å². The van der Waals surface area contributed by atoms with Crippen molar-refractivity contribution in [3.05, 3.63) is 24.3 Å². The van der Waals surface area contributed by atoms with Crippen molar-refractivity contribution in [2.24, 2.45) is 0 Å². The minimum absolute atomic E-state index is 0.747. The Balaban J connectivity index is 1.32. The van der Waals surface area contributed by atoms with E-state index in [4.69, 9.17) is 4.74 Å². The Morgan fingerprint density at radius 1 is 0.889 bits per heavy atom. The van der Waals surface area contributed by atoms with Crippen molar-refractivity contribution >= 4 is 29.2 Å². The first-order valence-corrected chi connectivity index (χ1v) is 12.7. The standard InChI is InChI=1S/C21H33N3OS2/c1-25-21-7-3-2-6-20(21)23-11-9-22(10-12-23)18-5-4-8-24(15-18)19-16-26-13-14-27-17-19/h2-3,6-7,18-19H,4-5,8-17H2,1H3/t18-/m0/s1. The quantitative estimate of drug-likeness (QED) is 0.758. The second-order valence-corrected chi connectivity index (χ2v) is 10.1. The van der Waals surface area contributed by atoms with Crippen LogP contribution in [0.3, 0.4) is 0 Å². The van der Waals surface area contributed by atoms with Gasteiger partial charge in [0.1, 0.15) is 5.75 Å². The Morgan fingerprint density at radius 3 is 2.37 bits per heavy atom. The third kappa shape index (κ3) is 4.89. The van der Waals surface area contributed by atoms with Crippen LogP contribution in [0.25, 0.3) is 0 Å². The van der Waals surface area contributed by atoms with Crippen molar-refractivity contribution in [2.75, 3.05) is 74.3 Å². The van der Waals surface area contributed by atoms with E-state index in [9.17, 15) is 0 Å². The molecule has 0 spiro atoms. The summed E-state index contributed by atoms with van der Waals surface area (Å²) in [6.07, 6.45) is 2.74. The Kier molecular flexibility index (Phi) is 7.14.